The highest BCUT2D eigenvalue weighted by Crippen LogP contribution is 2.40. The summed E-state index contributed by atoms with van der Waals surface area (Å²) in [5, 5.41) is 6.89. The van der Waals surface area contributed by atoms with Crippen LogP contribution >= 0.6 is 11.5 Å². The Hall–Kier alpha value is -3.64. The number of aromatic nitrogens is 3. The first-order valence-corrected chi connectivity index (χ1v) is 13.9. The van der Waals surface area contributed by atoms with E-state index in [4.69, 9.17) is 10.7 Å². The Morgan fingerprint density at radius 1 is 1.23 bits per heavy atom. The molecule has 2 aliphatic rings. The van der Waals surface area contributed by atoms with Crippen LogP contribution in [0, 0.1) is 5.82 Å². The van der Waals surface area contributed by atoms with Gasteiger partial charge >= 0.3 is 0 Å². The van der Waals surface area contributed by atoms with Crippen molar-refractivity contribution in [3.05, 3.63) is 58.8 Å². The number of amides is 2. The van der Waals surface area contributed by atoms with Crippen LogP contribution in [0.5, 0.6) is 0 Å². The van der Waals surface area contributed by atoms with Gasteiger partial charge in [0.2, 0.25) is 0 Å². The smallest absolute Gasteiger partial charge is 0.271 e. The first-order valence-electron chi connectivity index (χ1n) is 13.1. The largest absolute Gasteiger partial charge is 0.364 e. The second-order valence-corrected chi connectivity index (χ2v) is 11.3. The van der Waals surface area contributed by atoms with Crippen molar-refractivity contribution < 1.29 is 14.0 Å². The van der Waals surface area contributed by atoms with E-state index in [9.17, 15) is 14.0 Å². The van der Waals surface area contributed by atoms with E-state index in [0.717, 1.165) is 36.9 Å². The van der Waals surface area contributed by atoms with E-state index < -0.39 is 17.6 Å². The van der Waals surface area contributed by atoms with Crippen molar-refractivity contribution in [2.45, 2.75) is 57.2 Å². The lowest BCUT2D eigenvalue weighted by molar-refractivity contribution is 0.0919. The van der Waals surface area contributed by atoms with Gasteiger partial charge in [0, 0.05) is 25.2 Å². The van der Waals surface area contributed by atoms with Gasteiger partial charge in [-0.15, -0.1) is 0 Å². The van der Waals surface area contributed by atoms with Gasteiger partial charge in [0.15, 0.2) is 11.5 Å². The molecular formula is C27H33FN8O2S. The molecule has 0 bridgehead atoms. The van der Waals surface area contributed by atoms with Crippen molar-refractivity contribution in [2.75, 3.05) is 30.9 Å². The average Bonchev–Trinajstić information content (AvgIpc) is 3.65. The number of hydrogen-bond donors (Lipinski definition) is 3. The van der Waals surface area contributed by atoms with E-state index in [0.29, 0.717) is 29.8 Å². The predicted octanol–water partition coefficient (Wildman–Crippen LogP) is 3.64. The van der Waals surface area contributed by atoms with Gasteiger partial charge in [0.1, 0.15) is 16.6 Å². The summed E-state index contributed by atoms with van der Waals surface area (Å²) < 4.78 is 19.2. The quantitative estimate of drug-likeness (QED) is 0.367. The maximum absolute atomic E-state index is 14.7. The van der Waals surface area contributed by atoms with Gasteiger partial charge in [-0.1, -0.05) is 6.07 Å². The fraction of sp³-hybridized carbons (Fsp3) is 0.444. The first kappa shape index (κ1) is 26.9. The number of carbonyl (C=O) groups is 2. The lowest BCUT2D eigenvalue weighted by atomic mass is 9.96. The fourth-order valence-corrected chi connectivity index (χ4v) is 5.62. The van der Waals surface area contributed by atoms with Crippen molar-refractivity contribution in [2.24, 2.45) is 5.73 Å². The molecule has 1 aliphatic heterocycles. The number of piperidine rings is 1. The molecule has 206 valence electrons. The Morgan fingerprint density at radius 3 is 2.72 bits per heavy atom. The first-order chi connectivity index (χ1) is 18.7. The summed E-state index contributed by atoms with van der Waals surface area (Å²) in [6, 6.07) is 6.45. The summed E-state index contributed by atoms with van der Waals surface area (Å²) in [5.41, 5.74) is 7.50. The highest BCUT2D eigenvalue weighted by atomic mass is 32.1. The zero-order valence-electron chi connectivity index (χ0n) is 22.3. The molecule has 39 heavy (non-hydrogen) atoms. The minimum atomic E-state index is -0.693. The fourth-order valence-electron chi connectivity index (χ4n) is 4.96. The molecule has 0 unspecified atom stereocenters. The molecular weight excluding hydrogens is 519 g/mol. The van der Waals surface area contributed by atoms with E-state index in [-0.39, 0.29) is 29.2 Å². The second-order valence-electron chi connectivity index (χ2n) is 10.5. The highest BCUT2D eigenvalue weighted by molar-refractivity contribution is 7.10. The Kier molecular flexibility index (Phi) is 7.76. The summed E-state index contributed by atoms with van der Waals surface area (Å²) in [7, 11) is 3.92. The third-order valence-corrected chi connectivity index (χ3v) is 7.90. The second kappa shape index (κ2) is 11.2. The van der Waals surface area contributed by atoms with Crippen molar-refractivity contribution in [3.8, 4) is 0 Å². The molecule has 2 aromatic heterocycles. The molecule has 2 fully saturated rings. The number of rotatable bonds is 9. The zero-order valence-corrected chi connectivity index (χ0v) is 23.1. The number of nitrogens with two attached hydrogens (primary N) is 1. The Morgan fingerprint density at radius 2 is 2.03 bits per heavy atom. The number of halogens is 1. The molecule has 2 amide bonds. The Bertz CT molecular complexity index is 1380. The molecule has 3 aromatic rings. The topological polar surface area (TPSA) is 129 Å². The molecule has 1 aliphatic carbocycles. The molecule has 4 N–H and O–H groups in total. The SMILES string of the molecule is C[C@@H]1[C@H](NC(=O)c2ccc(C3CC3)cc2F)CCCN1c1cnc(C(N)=O)c(Nc2cc(CN(C)C)ns2)n1. The monoisotopic (exact) mass is 552 g/mol. The number of hydrogen-bond acceptors (Lipinski definition) is 9. The van der Waals surface area contributed by atoms with E-state index in [1.54, 1.807) is 6.07 Å². The lowest BCUT2D eigenvalue weighted by Crippen LogP contribution is -2.54. The summed E-state index contributed by atoms with van der Waals surface area (Å²) >= 11 is 1.26. The van der Waals surface area contributed by atoms with Gasteiger partial charge in [-0.05, 0) is 87.9 Å². The number of primary amides is 1. The number of nitrogens with one attached hydrogen (secondary N) is 2. The molecule has 1 aromatic carbocycles. The summed E-state index contributed by atoms with van der Waals surface area (Å²) in [6.07, 6.45) is 5.21. The molecule has 2 atom stereocenters. The number of nitrogens with zero attached hydrogens (tertiary/aromatic N) is 5. The maximum Gasteiger partial charge on any atom is 0.271 e. The number of anilines is 3. The summed E-state index contributed by atoms with van der Waals surface area (Å²) in [4.78, 5) is 38.1. The molecule has 0 radical (unpaired) electrons. The third kappa shape index (κ3) is 6.17. The molecule has 5 rings (SSSR count). The van der Waals surface area contributed by atoms with Crippen LogP contribution in [0.25, 0.3) is 0 Å². The molecule has 3 heterocycles. The Labute approximate surface area is 231 Å². The van der Waals surface area contributed by atoms with Crippen LogP contribution in [0.2, 0.25) is 0 Å². The van der Waals surface area contributed by atoms with Gasteiger partial charge in [-0.25, -0.2) is 14.4 Å². The number of carbonyl (C=O) groups excluding carboxylic acids is 2. The van der Waals surface area contributed by atoms with E-state index in [1.165, 1.54) is 23.8 Å². The maximum atomic E-state index is 14.7. The van der Waals surface area contributed by atoms with Gasteiger partial charge in [0.05, 0.1) is 17.5 Å². The normalized spacial score (nSPS) is 19.3. The summed E-state index contributed by atoms with van der Waals surface area (Å²) in [6.45, 7) is 3.36. The molecule has 1 saturated heterocycles. The zero-order chi connectivity index (χ0) is 27.7. The molecule has 10 nitrogen and oxygen atoms in total. The minimum absolute atomic E-state index is 0.0287. The minimum Gasteiger partial charge on any atom is -0.364 e. The van der Waals surface area contributed by atoms with Crippen LogP contribution in [-0.2, 0) is 6.54 Å². The van der Waals surface area contributed by atoms with Gasteiger partial charge < -0.3 is 26.2 Å². The van der Waals surface area contributed by atoms with Crippen LogP contribution < -0.4 is 21.3 Å². The van der Waals surface area contributed by atoms with Crippen LogP contribution in [0.15, 0.2) is 30.5 Å². The molecule has 12 heteroatoms. The van der Waals surface area contributed by atoms with E-state index >= 15 is 0 Å². The third-order valence-electron chi connectivity index (χ3n) is 7.16. The lowest BCUT2D eigenvalue weighted by Gasteiger charge is -2.40. The highest BCUT2D eigenvalue weighted by Gasteiger charge is 2.32. The molecule has 1 saturated carbocycles. The Balaban J connectivity index is 1.32. The van der Waals surface area contributed by atoms with E-state index in [2.05, 4.69) is 20.0 Å². The van der Waals surface area contributed by atoms with Crippen LogP contribution in [0.4, 0.5) is 21.0 Å². The average molecular weight is 553 g/mol. The summed E-state index contributed by atoms with van der Waals surface area (Å²) in [5.74, 6) is -0.395. The predicted molar refractivity (Wildman–Crippen MR) is 149 cm³/mol. The van der Waals surface area contributed by atoms with Gasteiger partial charge in [0.25, 0.3) is 11.8 Å². The molecule has 0 spiro atoms. The van der Waals surface area contributed by atoms with Crippen molar-refractivity contribution in [1.82, 2.24) is 24.6 Å². The van der Waals surface area contributed by atoms with E-state index in [1.807, 2.05) is 43.0 Å². The van der Waals surface area contributed by atoms with Crippen molar-refractivity contribution >= 4 is 40.0 Å². The van der Waals surface area contributed by atoms with Crippen LogP contribution in [-0.4, -0.2) is 63.8 Å². The van der Waals surface area contributed by atoms with Gasteiger partial charge in [-0.3, -0.25) is 9.59 Å². The standard InChI is InChI=1S/C27H33FN8O2S/c1-15-21(31-27(38)19-9-8-17(11-20(19)28)16-6-7-16)5-4-10-36(15)22-13-30-24(25(29)37)26(32-22)33-23-12-18(34-39-23)14-35(2)3/h8-9,11-13,15-16,21H,4-7,10,14H2,1-3H3,(H2,29,37)(H,31,38)(H,32,33)/t15-,21-/m1/s1. The number of benzene rings is 1. The van der Waals surface area contributed by atoms with Crippen molar-refractivity contribution in [3.63, 3.8) is 0 Å². The van der Waals surface area contributed by atoms with Gasteiger partial charge in [-0.2, -0.15) is 4.37 Å². The van der Waals surface area contributed by atoms with Crippen LogP contribution in [0.3, 0.4) is 0 Å². The van der Waals surface area contributed by atoms with Crippen LogP contribution in [0.1, 0.15) is 70.6 Å². The van der Waals surface area contributed by atoms with Crippen molar-refractivity contribution in [1.29, 1.82) is 0 Å².